The SMILES string of the molecule is Nc1nc2ccc(/C=C/c3cnc(Nc4ccc(CCN5CCNCC5)c(N)c4)nc3)cc2s1. The number of nitrogens with two attached hydrogens (primary N) is 2. The molecule has 1 aliphatic rings. The number of aromatic nitrogens is 3. The quantitative estimate of drug-likeness (QED) is 0.301. The van der Waals surface area contributed by atoms with E-state index in [9.17, 15) is 0 Å². The maximum atomic E-state index is 6.31. The molecule has 4 aromatic rings. The lowest BCUT2D eigenvalue weighted by molar-refractivity contribution is 0.244. The summed E-state index contributed by atoms with van der Waals surface area (Å²) in [6.07, 6.45) is 8.55. The fourth-order valence-electron chi connectivity index (χ4n) is 3.99. The van der Waals surface area contributed by atoms with E-state index in [-0.39, 0.29) is 0 Å². The van der Waals surface area contributed by atoms with Crippen LogP contribution in [0, 0.1) is 0 Å². The molecule has 0 amide bonds. The molecule has 9 heteroatoms. The lowest BCUT2D eigenvalue weighted by atomic mass is 10.1. The van der Waals surface area contributed by atoms with Gasteiger partial charge < -0.3 is 27.0 Å². The van der Waals surface area contributed by atoms with Crippen LogP contribution in [0.2, 0.25) is 0 Å². The first kappa shape index (κ1) is 22.3. The van der Waals surface area contributed by atoms with Gasteiger partial charge in [-0.1, -0.05) is 35.6 Å². The van der Waals surface area contributed by atoms with E-state index in [1.165, 1.54) is 16.9 Å². The van der Waals surface area contributed by atoms with E-state index in [0.29, 0.717) is 11.1 Å². The number of anilines is 4. The van der Waals surface area contributed by atoms with Crippen LogP contribution in [-0.4, -0.2) is 52.6 Å². The summed E-state index contributed by atoms with van der Waals surface area (Å²) in [6, 6.07) is 12.1. The van der Waals surface area contributed by atoms with E-state index in [1.807, 2.05) is 36.4 Å². The second-order valence-corrected chi connectivity index (χ2v) is 9.40. The zero-order valence-corrected chi connectivity index (χ0v) is 19.7. The van der Waals surface area contributed by atoms with Gasteiger partial charge in [0.2, 0.25) is 5.95 Å². The molecule has 8 nitrogen and oxygen atoms in total. The number of benzene rings is 2. The highest BCUT2D eigenvalue weighted by molar-refractivity contribution is 7.22. The van der Waals surface area contributed by atoms with Gasteiger partial charge in [-0.2, -0.15) is 0 Å². The summed E-state index contributed by atoms with van der Waals surface area (Å²) >= 11 is 1.49. The Morgan fingerprint density at radius 1 is 1.00 bits per heavy atom. The molecule has 1 saturated heterocycles. The van der Waals surface area contributed by atoms with Crippen LogP contribution in [0.3, 0.4) is 0 Å². The van der Waals surface area contributed by atoms with Gasteiger partial charge in [-0.15, -0.1) is 0 Å². The van der Waals surface area contributed by atoms with Gasteiger partial charge in [-0.25, -0.2) is 15.0 Å². The largest absolute Gasteiger partial charge is 0.398 e. The molecule has 5 rings (SSSR count). The van der Waals surface area contributed by atoms with Crippen molar-refractivity contribution < 1.29 is 0 Å². The molecule has 2 aromatic heterocycles. The van der Waals surface area contributed by atoms with Gasteiger partial charge in [0.25, 0.3) is 0 Å². The molecule has 3 heterocycles. The van der Waals surface area contributed by atoms with Crippen molar-refractivity contribution in [3.63, 3.8) is 0 Å². The summed E-state index contributed by atoms with van der Waals surface area (Å²) in [6.45, 7) is 5.34. The molecule has 0 spiro atoms. The third-order valence-electron chi connectivity index (χ3n) is 5.88. The number of hydrogen-bond acceptors (Lipinski definition) is 9. The summed E-state index contributed by atoms with van der Waals surface area (Å²) in [5.41, 5.74) is 17.9. The average molecular weight is 473 g/mol. The summed E-state index contributed by atoms with van der Waals surface area (Å²) in [7, 11) is 0. The smallest absolute Gasteiger partial charge is 0.227 e. The highest BCUT2D eigenvalue weighted by atomic mass is 32.1. The van der Waals surface area contributed by atoms with Crippen molar-refractivity contribution in [1.29, 1.82) is 0 Å². The van der Waals surface area contributed by atoms with Gasteiger partial charge in [0.05, 0.1) is 10.2 Å². The Balaban J connectivity index is 1.18. The van der Waals surface area contributed by atoms with Crippen LogP contribution in [0.15, 0.2) is 48.8 Å². The summed E-state index contributed by atoms with van der Waals surface area (Å²) < 4.78 is 1.07. The molecule has 0 bridgehead atoms. The van der Waals surface area contributed by atoms with E-state index in [0.717, 1.165) is 71.9 Å². The molecule has 0 radical (unpaired) electrons. The zero-order chi connectivity index (χ0) is 23.3. The fourth-order valence-corrected chi connectivity index (χ4v) is 4.77. The van der Waals surface area contributed by atoms with Gasteiger partial charge in [0.15, 0.2) is 5.13 Å². The van der Waals surface area contributed by atoms with Crippen LogP contribution in [0.4, 0.5) is 22.5 Å². The summed E-state index contributed by atoms with van der Waals surface area (Å²) in [4.78, 5) is 15.6. The lowest BCUT2D eigenvalue weighted by Crippen LogP contribution is -2.44. The molecule has 6 N–H and O–H groups in total. The number of fused-ring (bicyclic) bond motifs is 1. The van der Waals surface area contributed by atoms with Crippen molar-refractivity contribution in [1.82, 2.24) is 25.2 Å². The van der Waals surface area contributed by atoms with E-state index in [4.69, 9.17) is 11.5 Å². The van der Waals surface area contributed by atoms with Crippen molar-refractivity contribution >= 4 is 56.2 Å². The molecular formula is C25H28N8S. The van der Waals surface area contributed by atoms with E-state index in [2.05, 4.69) is 42.6 Å². The van der Waals surface area contributed by atoms with Crippen LogP contribution < -0.4 is 22.1 Å². The number of nitrogens with one attached hydrogen (secondary N) is 2. The summed E-state index contributed by atoms with van der Waals surface area (Å²) in [5.74, 6) is 0.534. The molecule has 0 atom stereocenters. The average Bonchev–Trinajstić information content (AvgIpc) is 3.23. The standard InChI is InChI=1S/C25H28N8S/c26-21-14-20(5-4-19(21)7-10-33-11-8-28-9-12-33)31-25-29-15-18(16-30-25)2-1-17-3-6-22-23(13-17)34-24(27)32-22/h1-6,13-16,28H,7-12,26H2,(H2,27,32)(H,29,30,31)/b2-1+. The third kappa shape index (κ3) is 5.51. The number of piperazine rings is 1. The number of nitrogens with zero attached hydrogens (tertiary/aromatic N) is 4. The fraction of sp³-hybridized carbons (Fsp3) is 0.240. The number of thiazole rings is 1. The first-order valence-electron chi connectivity index (χ1n) is 11.4. The van der Waals surface area contributed by atoms with Gasteiger partial charge in [-0.05, 0) is 41.8 Å². The molecule has 34 heavy (non-hydrogen) atoms. The molecule has 0 unspecified atom stereocenters. The molecule has 1 fully saturated rings. The molecule has 2 aromatic carbocycles. The Morgan fingerprint density at radius 2 is 1.79 bits per heavy atom. The van der Waals surface area contributed by atoms with Gasteiger partial charge in [0, 0.05) is 62.1 Å². The van der Waals surface area contributed by atoms with E-state index in [1.54, 1.807) is 12.4 Å². The number of rotatable bonds is 7. The second kappa shape index (κ2) is 10.2. The number of nitrogen functional groups attached to an aromatic ring is 2. The first-order valence-corrected chi connectivity index (χ1v) is 12.2. The maximum Gasteiger partial charge on any atom is 0.227 e. The number of hydrogen-bond donors (Lipinski definition) is 4. The van der Waals surface area contributed by atoms with Crippen LogP contribution in [-0.2, 0) is 6.42 Å². The van der Waals surface area contributed by atoms with Gasteiger partial charge in [0.1, 0.15) is 0 Å². The Hall–Kier alpha value is -3.53. The zero-order valence-electron chi connectivity index (χ0n) is 18.9. The van der Waals surface area contributed by atoms with Crippen molar-refractivity contribution in [2.24, 2.45) is 0 Å². The Morgan fingerprint density at radius 3 is 2.59 bits per heavy atom. The Bertz CT molecular complexity index is 1290. The van der Waals surface area contributed by atoms with Crippen LogP contribution >= 0.6 is 11.3 Å². The minimum absolute atomic E-state index is 0.534. The topological polar surface area (TPSA) is 118 Å². The molecule has 0 aliphatic carbocycles. The molecule has 0 saturated carbocycles. The maximum absolute atomic E-state index is 6.31. The molecule has 174 valence electrons. The van der Waals surface area contributed by atoms with Crippen molar-refractivity contribution in [2.75, 3.05) is 49.5 Å². The van der Waals surface area contributed by atoms with E-state index < -0.39 is 0 Å². The monoisotopic (exact) mass is 472 g/mol. The second-order valence-electron chi connectivity index (χ2n) is 8.33. The predicted octanol–water partition coefficient (Wildman–Crippen LogP) is 3.61. The van der Waals surface area contributed by atoms with E-state index >= 15 is 0 Å². The lowest BCUT2D eigenvalue weighted by Gasteiger charge is -2.27. The normalized spacial score (nSPS) is 14.7. The van der Waals surface area contributed by atoms with Crippen LogP contribution in [0.5, 0.6) is 0 Å². The van der Waals surface area contributed by atoms with Gasteiger partial charge in [-0.3, -0.25) is 0 Å². The highest BCUT2D eigenvalue weighted by Gasteiger charge is 2.10. The van der Waals surface area contributed by atoms with Gasteiger partial charge >= 0.3 is 0 Å². The van der Waals surface area contributed by atoms with Crippen molar-refractivity contribution in [3.8, 4) is 0 Å². The molecular weight excluding hydrogens is 444 g/mol. The predicted molar refractivity (Wildman–Crippen MR) is 142 cm³/mol. The minimum Gasteiger partial charge on any atom is -0.398 e. The van der Waals surface area contributed by atoms with Crippen LogP contribution in [0.25, 0.3) is 22.4 Å². The highest BCUT2D eigenvalue weighted by Crippen LogP contribution is 2.25. The Kier molecular flexibility index (Phi) is 6.66. The third-order valence-corrected chi connectivity index (χ3v) is 6.73. The van der Waals surface area contributed by atoms with Crippen molar-refractivity contribution in [2.45, 2.75) is 6.42 Å². The Labute approximate surface area is 202 Å². The van der Waals surface area contributed by atoms with Crippen molar-refractivity contribution in [3.05, 3.63) is 65.5 Å². The first-order chi connectivity index (χ1) is 16.6. The van der Waals surface area contributed by atoms with Crippen LogP contribution in [0.1, 0.15) is 16.7 Å². The summed E-state index contributed by atoms with van der Waals surface area (Å²) in [5, 5.41) is 7.20. The minimum atomic E-state index is 0.534. The molecule has 1 aliphatic heterocycles.